The van der Waals surface area contributed by atoms with Crippen molar-refractivity contribution in [1.82, 2.24) is 0 Å². The zero-order chi connectivity index (χ0) is 6.85. The normalized spacial score (nSPS) is 28.7. The van der Waals surface area contributed by atoms with Crippen molar-refractivity contribution >= 4 is 21.3 Å². The molecule has 1 saturated heterocycles. The number of hydrogen-bond acceptors (Lipinski definition) is 2. The van der Waals surface area contributed by atoms with Crippen LogP contribution in [-0.4, -0.2) is 21.8 Å². The van der Waals surface area contributed by atoms with Gasteiger partial charge in [-0.15, -0.1) is 0 Å². The standard InChI is InChI=1S/C6H8OS.V/c1-5-6(8)3-2-4-7-5;/h5H,2,4H2,1H3;. The summed E-state index contributed by atoms with van der Waals surface area (Å²) < 4.78 is 6.55. The quantitative estimate of drug-likeness (QED) is 0.510. The topological polar surface area (TPSA) is 9.23 Å². The Morgan fingerprint density at radius 3 is 2.89 bits per heavy atom. The molecule has 1 fully saturated rings. The van der Waals surface area contributed by atoms with Crippen LogP contribution in [0.2, 0.25) is 0 Å². The monoisotopic (exact) mass is 179 g/mol. The third-order valence-electron chi connectivity index (χ3n) is 1.36. The fourth-order valence-electron chi connectivity index (χ4n) is 0.766. The molecule has 0 aromatic rings. The Labute approximate surface area is 69.3 Å². The summed E-state index contributed by atoms with van der Waals surface area (Å²) in [7, 11) is 0. The third-order valence-corrected chi connectivity index (χ3v) is 2.91. The molecule has 49 valence electrons. The molecule has 1 aliphatic heterocycles. The van der Waals surface area contributed by atoms with Gasteiger partial charge in [0.1, 0.15) is 0 Å². The van der Waals surface area contributed by atoms with E-state index in [2.05, 4.69) is 17.0 Å². The Morgan fingerprint density at radius 1 is 1.78 bits per heavy atom. The number of ether oxygens (including phenoxy) is 1. The first-order valence-corrected chi connectivity index (χ1v) is 4.03. The molecule has 0 amide bonds. The van der Waals surface area contributed by atoms with Gasteiger partial charge in [-0.2, -0.15) is 0 Å². The van der Waals surface area contributed by atoms with Gasteiger partial charge in [-0.05, 0) is 0 Å². The van der Waals surface area contributed by atoms with E-state index < -0.39 is 0 Å². The molecule has 0 radical (unpaired) electrons. The number of thiocarbonyl (C=S) groups is 1. The summed E-state index contributed by atoms with van der Waals surface area (Å²) in [6, 6.07) is 0. The SMILES string of the molecule is CC1OCC[C](=[V])C1=S. The molecular weight excluding hydrogens is 171 g/mol. The second kappa shape index (κ2) is 3.06. The van der Waals surface area contributed by atoms with Crippen LogP contribution in [0, 0.1) is 0 Å². The molecule has 0 N–H and O–H groups in total. The summed E-state index contributed by atoms with van der Waals surface area (Å²) in [5, 5.41) is 0. The molecule has 3 heteroatoms. The summed E-state index contributed by atoms with van der Waals surface area (Å²) in [4.78, 5) is 0.973. The van der Waals surface area contributed by atoms with Crippen molar-refractivity contribution in [2.45, 2.75) is 19.4 Å². The average Bonchev–Trinajstić information content (AvgIpc) is 1.83. The van der Waals surface area contributed by atoms with Gasteiger partial charge in [0.2, 0.25) is 0 Å². The van der Waals surface area contributed by atoms with E-state index in [1.165, 1.54) is 4.23 Å². The molecule has 1 rings (SSSR count). The maximum atomic E-state index is 5.29. The fourth-order valence-corrected chi connectivity index (χ4v) is 1.36. The van der Waals surface area contributed by atoms with Gasteiger partial charge in [0.15, 0.2) is 0 Å². The predicted octanol–water partition coefficient (Wildman–Crippen LogP) is 0.884. The van der Waals surface area contributed by atoms with Gasteiger partial charge in [0.25, 0.3) is 0 Å². The van der Waals surface area contributed by atoms with Crippen LogP contribution in [0.5, 0.6) is 0 Å². The molecular formula is C6H8OSV. The van der Waals surface area contributed by atoms with Crippen LogP contribution in [0.1, 0.15) is 13.3 Å². The Morgan fingerprint density at radius 2 is 2.44 bits per heavy atom. The molecule has 0 aromatic heterocycles. The number of rotatable bonds is 0. The predicted molar refractivity (Wildman–Crippen MR) is 37.6 cm³/mol. The van der Waals surface area contributed by atoms with E-state index in [0.717, 1.165) is 17.9 Å². The zero-order valence-electron chi connectivity index (χ0n) is 5.26. The van der Waals surface area contributed by atoms with Crippen LogP contribution >= 0.6 is 12.2 Å². The van der Waals surface area contributed by atoms with E-state index in [1.54, 1.807) is 0 Å². The van der Waals surface area contributed by atoms with Crippen molar-refractivity contribution < 1.29 is 21.7 Å². The van der Waals surface area contributed by atoms with Crippen LogP contribution in [0.3, 0.4) is 0 Å². The van der Waals surface area contributed by atoms with Crippen molar-refractivity contribution in [3.63, 3.8) is 0 Å². The van der Waals surface area contributed by atoms with Crippen molar-refractivity contribution in [2.75, 3.05) is 6.61 Å². The molecule has 0 spiro atoms. The van der Waals surface area contributed by atoms with Crippen molar-refractivity contribution in [1.29, 1.82) is 0 Å². The van der Waals surface area contributed by atoms with Gasteiger partial charge in [0, 0.05) is 0 Å². The molecule has 9 heavy (non-hydrogen) atoms. The molecule has 0 aliphatic carbocycles. The first-order valence-electron chi connectivity index (χ1n) is 2.92. The maximum absolute atomic E-state index is 5.29. The van der Waals surface area contributed by atoms with Crippen molar-refractivity contribution in [3.05, 3.63) is 0 Å². The molecule has 1 aliphatic rings. The molecule has 1 atom stereocenters. The van der Waals surface area contributed by atoms with Gasteiger partial charge < -0.3 is 0 Å². The molecule has 0 aromatic carbocycles. The molecule has 0 saturated carbocycles. The fraction of sp³-hybridized carbons (Fsp3) is 0.667. The van der Waals surface area contributed by atoms with E-state index in [4.69, 9.17) is 17.0 Å². The van der Waals surface area contributed by atoms with Crippen LogP contribution in [-0.2, 0) is 21.7 Å². The van der Waals surface area contributed by atoms with Gasteiger partial charge in [-0.25, -0.2) is 0 Å². The Hall–Kier alpha value is 0.504. The minimum absolute atomic E-state index is 0.159. The molecule has 0 bridgehead atoms. The second-order valence-corrected chi connectivity index (χ2v) is 3.36. The average molecular weight is 179 g/mol. The first kappa shape index (κ1) is 7.61. The van der Waals surface area contributed by atoms with Crippen LogP contribution in [0.15, 0.2) is 0 Å². The summed E-state index contributed by atoms with van der Waals surface area (Å²) in [5.74, 6) is 0. The Balaban J connectivity index is 2.62. The van der Waals surface area contributed by atoms with Crippen molar-refractivity contribution in [2.24, 2.45) is 0 Å². The van der Waals surface area contributed by atoms with Crippen LogP contribution < -0.4 is 0 Å². The third kappa shape index (κ3) is 1.71. The first-order chi connectivity index (χ1) is 4.22. The minimum atomic E-state index is 0.159. The van der Waals surface area contributed by atoms with E-state index in [-0.39, 0.29) is 6.10 Å². The van der Waals surface area contributed by atoms with Crippen LogP contribution in [0.25, 0.3) is 0 Å². The zero-order valence-corrected chi connectivity index (χ0v) is 7.47. The summed E-state index contributed by atoms with van der Waals surface area (Å²) >= 11 is 7.59. The second-order valence-electron chi connectivity index (χ2n) is 2.07. The summed E-state index contributed by atoms with van der Waals surface area (Å²) in [5.41, 5.74) is 0. The number of hydrogen-bond donors (Lipinski definition) is 0. The summed E-state index contributed by atoms with van der Waals surface area (Å²) in [6.45, 7) is 2.82. The molecule has 1 unspecified atom stereocenters. The van der Waals surface area contributed by atoms with E-state index >= 15 is 0 Å². The van der Waals surface area contributed by atoms with Gasteiger partial charge in [-0.3, -0.25) is 0 Å². The Bertz CT molecular complexity index is 155. The molecule has 1 heterocycles. The van der Waals surface area contributed by atoms with Gasteiger partial charge >= 0.3 is 69.1 Å². The van der Waals surface area contributed by atoms with Gasteiger partial charge in [0.05, 0.1) is 0 Å². The van der Waals surface area contributed by atoms with E-state index in [0.29, 0.717) is 0 Å². The summed E-state index contributed by atoms with van der Waals surface area (Å²) in [6.07, 6.45) is 1.15. The van der Waals surface area contributed by atoms with Crippen molar-refractivity contribution in [3.8, 4) is 0 Å². The Kier molecular flexibility index (Phi) is 2.59. The van der Waals surface area contributed by atoms with E-state index in [1.807, 2.05) is 6.92 Å². The van der Waals surface area contributed by atoms with E-state index in [9.17, 15) is 0 Å². The van der Waals surface area contributed by atoms with Crippen LogP contribution in [0.4, 0.5) is 0 Å². The van der Waals surface area contributed by atoms with Gasteiger partial charge in [-0.1, -0.05) is 0 Å². The molecule has 1 nitrogen and oxygen atoms in total.